The number of nitrogens with zero attached hydrogens (tertiary/aromatic N) is 1. The molecule has 2 nitrogen and oxygen atoms in total. The van der Waals surface area contributed by atoms with Crippen molar-refractivity contribution in [2.24, 2.45) is 0 Å². The van der Waals surface area contributed by atoms with Crippen LogP contribution in [0.3, 0.4) is 0 Å². The van der Waals surface area contributed by atoms with Crippen molar-refractivity contribution in [3.05, 3.63) is 35.4 Å². The molecule has 0 aliphatic carbocycles. The van der Waals surface area contributed by atoms with E-state index in [0.29, 0.717) is 0 Å². The Morgan fingerprint density at radius 3 is 2.53 bits per heavy atom. The number of benzene rings is 1. The van der Waals surface area contributed by atoms with E-state index >= 15 is 0 Å². The molecule has 1 N–H and O–H groups in total. The largest absolute Gasteiger partial charge is 0.314 e. The van der Waals surface area contributed by atoms with Gasteiger partial charge in [0.1, 0.15) is 0 Å². The standard InChI is InChI=1S/C17H28N2/c1-3-15-6-8-16(9-7-15)10-13-19(2)14-11-17-5-4-12-18-17/h6-9,17-18H,3-5,10-14H2,1-2H3. The normalized spacial score (nSPS) is 19.2. The average Bonchev–Trinajstić information content (AvgIpc) is 2.96. The Morgan fingerprint density at radius 1 is 1.16 bits per heavy atom. The molecule has 2 heteroatoms. The summed E-state index contributed by atoms with van der Waals surface area (Å²) in [7, 11) is 2.25. The second kappa shape index (κ2) is 7.66. The van der Waals surface area contributed by atoms with Crippen LogP contribution in [0.4, 0.5) is 0 Å². The van der Waals surface area contributed by atoms with Crippen LogP contribution in [0.25, 0.3) is 0 Å². The molecule has 1 aromatic carbocycles. The molecule has 1 saturated heterocycles. The smallest absolute Gasteiger partial charge is 0.00797 e. The van der Waals surface area contributed by atoms with Gasteiger partial charge in [0, 0.05) is 12.6 Å². The lowest BCUT2D eigenvalue weighted by Gasteiger charge is -2.19. The van der Waals surface area contributed by atoms with E-state index in [1.165, 1.54) is 49.9 Å². The fraction of sp³-hybridized carbons (Fsp3) is 0.647. The van der Waals surface area contributed by atoms with Gasteiger partial charge in [-0.2, -0.15) is 0 Å². The number of rotatable bonds is 7. The van der Waals surface area contributed by atoms with E-state index < -0.39 is 0 Å². The number of aryl methyl sites for hydroxylation is 1. The maximum atomic E-state index is 3.57. The molecular weight excluding hydrogens is 232 g/mol. The summed E-state index contributed by atoms with van der Waals surface area (Å²) in [6.45, 7) is 5.81. The predicted octanol–water partition coefficient (Wildman–Crippen LogP) is 2.87. The molecule has 1 aliphatic rings. The first-order valence-electron chi connectivity index (χ1n) is 7.77. The average molecular weight is 260 g/mol. The van der Waals surface area contributed by atoms with Crippen molar-refractivity contribution in [2.45, 2.75) is 45.1 Å². The molecule has 0 spiro atoms. The molecule has 0 saturated carbocycles. The van der Waals surface area contributed by atoms with Crippen molar-refractivity contribution < 1.29 is 0 Å². The maximum Gasteiger partial charge on any atom is 0.00797 e. The molecule has 19 heavy (non-hydrogen) atoms. The van der Waals surface area contributed by atoms with Gasteiger partial charge < -0.3 is 10.2 Å². The summed E-state index contributed by atoms with van der Waals surface area (Å²) >= 11 is 0. The van der Waals surface area contributed by atoms with E-state index in [4.69, 9.17) is 0 Å². The molecule has 1 aliphatic heterocycles. The maximum absolute atomic E-state index is 3.57. The Balaban J connectivity index is 1.65. The highest BCUT2D eigenvalue weighted by atomic mass is 15.1. The van der Waals surface area contributed by atoms with Crippen molar-refractivity contribution in [3.8, 4) is 0 Å². The number of hydrogen-bond acceptors (Lipinski definition) is 2. The molecule has 1 atom stereocenters. The zero-order valence-electron chi connectivity index (χ0n) is 12.5. The van der Waals surface area contributed by atoms with Gasteiger partial charge in [-0.25, -0.2) is 0 Å². The molecule has 0 bridgehead atoms. The van der Waals surface area contributed by atoms with Crippen LogP contribution in [0.15, 0.2) is 24.3 Å². The van der Waals surface area contributed by atoms with Crippen LogP contribution in [-0.4, -0.2) is 37.6 Å². The van der Waals surface area contributed by atoms with Crippen molar-refractivity contribution in [2.75, 3.05) is 26.7 Å². The van der Waals surface area contributed by atoms with Gasteiger partial charge in [0.15, 0.2) is 0 Å². The molecule has 1 heterocycles. The number of hydrogen-bond donors (Lipinski definition) is 1. The van der Waals surface area contributed by atoms with Gasteiger partial charge >= 0.3 is 0 Å². The van der Waals surface area contributed by atoms with Gasteiger partial charge in [0.05, 0.1) is 0 Å². The summed E-state index contributed by atoms with van der Waals surface area (Å²) < 4.78 is 0. The summed E-state index contributed by atoms with van der Waals surface area (Å²) in [4.78, 5) is 2.47. The van der Waals surface area contributed by atoms with Crippen molar-refractivity contribution in [1.82, 2.24) is 10.2 Å². The Bertz CT molecular complexity index is 352. The van der Waals surface area contributed by atoms with Crippen LogP contribution < -0.4 is 5.32 Å². The minimum atomic E-state index is 0.770. The number of likely N-dealkylation sites (N-methyl/N-ethyl adjacent to an activating group) is 1. The van der Waals surface area contributed by atoms with Crippen LogP contribution in [0.5, 0.6) is 0 Å². The second-order valence-corrected chi connectivity index (χ2v) is 5.81. The quantitative estimate of drug-likeness (QED) is 0.811. The summed E-state index contributed by atoms with van der Waals surface area (Å²) in [5.41, 5.74) is 2.90. The van der Waals surface area contributed by atoms with E-state index in [2.05, 4.69) is 48.5 Å². The highest BCUT2D eigenvalue weighted by Crippen LogP contribution is 2.10. The van der Waals surface area contributed by atoms with E-state index in [1.54, 1.807) is 0 Å². The zero-order chi connectivity index (χ0) is 13.5. The van der Waals surface area contributed by atoms with Crippen LogP contribution in [0, 0.1) is 0 Å². The van der Waals surface area contributed by atoms with Crippen LogP contribution in [0.1, 0.15) is 37.3 Å². The fourth-order valence-corrected chi connectivity index (χ4v) is 2.75. The molecular formula is C17H28N2. The van der Waals surface area contributed by atoms with Gasteiger partial charge in [-0.1, -0.05) is 31.2 Å². The van der Waals surface area contributed by atoms with E-state index in [1.807, 2.05) is 0 Å². The van der Waals surface area contributed by atoms with Crippen molar-refractivity contribution >= 4 is 0 Å². The monoisotopic (exact) mass is 260 g/mol. The zero-order valence-corrected chi connectivity index (χ0v) is 12.5. The minimum absolute atomic E-state index is 0.770. The van der Waals surface area contributed by atoms with Gasteiger partial charge in [0.2, 0.25) is 0 Å². The summed E-state index contributed by atoms with van der Waals surface area (Å²) in [6.07, 6.45) is 6.32. The third kappa shape index (κ3) is 4.96. The molecule has 0 amide bonds. The lowest BCUT2D eigenvalue weighted by atomic mass is 10.1. The summed E-state index contributed by atoms with van der Waals surface area (Å²) in [5, 5.41) is 3.57. The molecule has 1 fully saturated rings. The third-order valence-electron chi connectivity index (χ3n) is 4.24. The Kier molecular flexibility index (Phi) is 5.87. The highest BCUT2D eigenvalue weighted by molar-refractivity contribution is 5.22. The predicted molar refractivity (Wildman–Crippen MR) is 82.7 cm³/mol. The number of nitrogens with one attached hydrogen (secondary N) is 1. The van der Waals surface area contributed by atoms with Gasteiger partial charge in [-0.3, -0.25) is 0 Å². The van der Waals surface area contributed by atoms with Crippen LogP contribution in [-0.2, 0) is 12.8 Å². The molecule has 0 aromatic heterocycles. The van der Waals surface area contributed by atoms with Crippen molar-refractivity contribution in [3.63, 3.8) is 0 Å². The Labute approximate surface area is 118 Å². The molecule has 1 unspecified atom stereocenters. The van der Waals surface area contributed by atoms with E-state index in [0.717, 1.165) is 19.0 Å². The van der Waals surface area contributed by atoms with Gasteiger partial charge in [-0.15, -0.1) is 0 Å². The molecule has 1 aromatic rings. The second-order valence-electron chi connectivity index (χ2n) is 5.81. The van der Waals surface area contributed by atoms with Crippen molar-refractivity contribution in [1.29, 1.82) is 0 Å². The Morgan fingerprint density at radius 2 is 1.89 bits per heavy atom. The first-order chi connectivity index (χ1) is 9.28. The van der Waals surface area contributed by atoms with Crippen LogP contribution in [0.2, 0.25) is 0 Å². The highest BCUT2D eigenvalue weighted by Gasteiger charge is 2.13. The van der Waals surface area contributed by atoms with Crippen LogP contribution >= 0.6 is 0 Å². The van der Waals surface area contributed by atoms with Gasteiger partial charge in [0.25, 0.3) is 0 Å². The summed E-state index contributed by atoms with van der Waals surface area (Å²) in [6, 6.07) is 9.86. The van der Waals surface area contributed by atoms with E-state index in [9.17, 15) is 0 Å². The lowest BCUT2D eigenvalue weighted by Crippen LogP contribution is -2.29. The Hall–Kier alpha value is -0.860. The van der Waals surface area contributed by atoms with E-state index in [-0.39, 0.29) is 0 Å². The molecule has 2 rings (SSSR count). The lowest BCUT2D eigenvalue weighted by molar-refractivity contribution is 0.316. The summed E-state index contributed by atoms with van der Waals surface area (Å²) in [5.74, 6) is 0. The molecule has 0 radical (unpaired) electrons. The first kappa shape index (κ1) is 14.5. The molecule has 106 valence electrons. The first-order valence-corrected chi connectivity index (χ1v) is 7.77. The fourth-order valence-electron chi connectivity index (χ4n) is 2.75. The topological polar surface area (TPSA) is 15.3 Å². The third-order valence-corrected chi connectivity index (χ3v) is 4.24. The minimum Gasteiger partial charge on any atom is -0.314 e. The van der Waals surface area contributed by atoms with Gasteiger partial charge in [-0.05, 0) is 63.4 Å². The SMILES string of the molecule is CCc1ccc(CCN(C)CCC2CCCN2)cc1.